The maximum Gasteiger partial charge on any atom is 0.119 e. The molecule has 0 radical (unpaired) electrons. The van der Waals surface area contributed by atoms with Gasteiger partial charge >= 0.3 is 0 Å². The molecule has 0 aliphatic rings. The van der Waals surface area contributed by atoms with Crippen molar-refractivity contribution in [3.8, 4) is 5.75 Å². The summed E-state index contributed by atoms with van der Waals surface area (Å²) in [4.78, 5) is 0. The van der Waals surface area contributed by atoms with Gasteiger partial charge in [0.2, 0.25) is 0 Å². The highest BCUT2D eigenvalue weighted by atomic mass is 16.5. The summed E-state index contributed by atoms with van der Waals surface area (Å²) in [5.41, 5.74) is 4.17. The second kappa shape index (κ2) is 9.33. The smallest absolute Gasteiger partial charge is 0.119 e. The van der Waals surface area contributed by atoms with Crippen molar-refractivity contribution in [2.45, 2.75) is 32.8 Å². The third-order valence-corrected chi connectivity index (χ3v) is 3.99. The van der Waals surface area contributed by atoms with Crippen LogP contribution in [0, 0.1) is 13.8 Å². The van der Waals surface area contributed by atoms with Crippen LogP contribution in [0.3, 0.4) is 0 Å². The van der Waals surface area contributed by atoms with Crippen molar-refractivity contribution >= 4 is 0 Å². The maximum atomic E-state index is 9.93. The summed E-state index contributed by atoms with van der Waals surface area (Å²) in [6.07, 6.45) is 1.65. The lowest BCUT2D eigenvalue weighted by atomic mass is 9.99. The lowest BCUT2D eigenvalue weighted by Gasteiger charge is -2.14. The maximum absolute atomic E-state index is 9.93. The van der Waals surface area contributed by atoms with Gasteiger partial charge in [-0.05, 0) is 62.1 Å². The Labute approximate surface area is 139 Å². The molecular formula is C20H27NO2. The van der Waals surface area contributed by atoms with E-state index < -0.39 is 6.10 Å². The Kier molecular flexibility index (Phi) is 7.11. The number of aliphatic hydroxyl groups is 1. The van der Waals surface area contributed by atoms with Crippen molar-refractivity contribution < 1.29 is 9.84 Å². The zero-order valence-electron chi connectivity index (χ0n) is 14.1. The number of para-hydroxylation sites is 1. The Balaban J connectivity index is 1.60. The van der Waals surface area contributed by atoms with Gasteiger partial charge in [-0.1, -0.05) is 36.4 Å². The van der Waals surface area contributed by atoms with Crippen LogP contribution in [-0.4, -0.2) is 30.9 Å². The highest BCUT2D eigenvalue weighted by Crippen LogP contribution is 2.14. The van der Waals surface area contributed by atoms with Crippen molar-refractivity contribution in [2.75, 3.05) is 19.7 Å². The summed E-state index contributed by atoms with van der Waals surface area (Å²) in [5, 5.41) is 13.2. The van der Waals surface area contributed by atoms with Crippen molar-refractivity contribution in [1.29, 1.82) is 0 Å². The van der Waals surface area contributed by atoms with E-state index in [0.29, 0.717) is 13.2 Å². The molecule has 2 rings (SSSR count). The molecule has 2 aromatic carbocycles. The van der Waals surface area contributed by atoms with Crippen LogP contribution in [0.15, 0.2) is 48.5 Å². The number of nitrogens with one attached hydrogen (secondary N) is 1. The van der Waals surface area contributed by atoms with E-state index in [9.17, 15) is 5.11 Å². The summed E-state index contributed by atoms with van der Waals surface area (Å²) in [7, 11) is 0. The van der Waals surface area contributed by atoms with E-state index >= 15 is 0 Å². The Morgan fingerprint density at radius 1 is 1.00 bits per heavy atom. The molecular weight excluding hydrogens is 286 g/mol. The number of aryl methyl sites for hydroxylation is 2. The molecule has 0 spiro atoms. The lowest BCUT2D eigenvalue weighted by molar-refractivity contribution is 0.106. The molecule has 0 aliphatic carbocycles. The SMILES string of the molecule is Cc1cccc(C)c1CCCNCC(O)COc1ccccc1. The minimum atomic E-state index is -0.490. The molecule has 1 unspecified atom stereocenters. The number of hydrogen-bond donors (Lipinski definition) is 2. The van der Waals surface area contributed by atoms with Crippen LogP contribution in [0.25, 0.3) is 0 Å². The van der Waals surface area contributed by atoms with Gasteiger partial charge in [-0.15, -0.1) is 0 Å². The summed E-state index contributed by atoms with van der Waals surface area (Å²) in [6, 6.07) is 16.0. The molecule has 23 heavy (non-hydrogen) atoms. The molecule has 0 aromatic heterocycles. The average Bonchev–Trinajstić information content (AvgIpc) is 2.56. The number of aliphatic hydroxyl groups excluding tert-OH is 1. The second-order valence-electron chi connectivity index (χ2n) is 5.96. The Morgan fingerprint density at radius 3 is 2.39 bits per heavy atom. The van der Waals surface area contributed by atoms with Crippen LogP contribution in [0.4, 0.5) is 0 Å². The number of hydrogen-bond acceptors (Lipinski definition) is 3. The van der Waals surface area contributed by atoms with Gasteiger partial charge in [-0.2, -0.15) is 0 Å². The molecule has 0 saturated heterocycles. The topological polar surface area (TPSA) is 41.5 Å². The molecule has 0 fully saturated rings. The molecule has 124 valence electrons. The van der Waals surface area contributed by atoms with Gasteiger partial charge in [0.25, 0.3) is 0 Å². The average molecular weight is 313 g/mol. The summed E-state index contributed by atoms with van der Waals surface area (Å²) in [5.74, 6) is 0.793. The van der Waals surface area contributed by atoms with Crippen molar-refractivity contribution in [2.24, 2.45) is 0 Å². The predicted molar refractivity (Wildman–Crippen MR) is 95.1 cm³/mol. The largest absolute Gasteiger partial charge is 0.491 e. The van der Waals surface area contributed by atoms with Crippen LogP contribution in [0.1, 0.15) is 23.1 Å². The molecule has 1 atom stereocenters. The number of benzene rings is 2. The number of ether oxygens (including phenoxy) is 1. The highest BCUT2D eigenvalue weighted by Gasteiger charge is 2.05. The van der Waals surface area contributed by atoms with Crippen LogP contribution >= 0.6 is 0 Å². The van der Waals surface area contributed by atoms with Crippen molar-refractivity contribution in [3.05, 3.63) is 65.2 Å². The molecule has 0 aliphatic heterocycles. The third-order valence-electron chi connectivity index (χ3n) is 3.99. The van der Waals surface area contributed by atoms with Gasteiger partial charge in [0.05, 0.1) is 0 Å². The Bertz CT molecular complexity index is 563. The molecule has 3 nitrogen and oxygen atoms in total. The first-order chi connectivity index (χ1) is 11.2. The summed E-state index contributed by atoms with van der Waals surface area (Å²) >= 11 is 0. The van der Waals surface area contributed by atoms with Crippen LogP contribution < -0.4 is 10.1 Å². The molecule has 3 heteroatoms. The van der Waals surface area contributed by atoms with E-state index in [2.05, 4.69) is 37.4 Å². The molecule has 0 saturated carbocycles. The Morgan fingerprint density at radius 2 is 1.70 bits per heavy atom. The number of rotatable bonds is 9. The molecule has 2 aromatic rings. The van der Waals surface area contributed by atoms with Gasteiger partial charge in [0.1, 0.15) is 18.5 Å². The predicted octanol–water partition coefficient (Wildman–Crippen LogP) is 3.27. The van der Waals surface area contributed by atoms with E-state index in [0.717, 1.165) is 25.1 Å². The Hall–Kier alpha value is -1.84. The van der Waals surface area contributed by atoms with Gasteiger partial charge in [0, 0.05) is 6.54 Å². The fraction of sp³-hybridized carbons (Fsp3) is 0.400. The van der Waals surface area contributed by atoms with Crippen molar-refractivity contribution in [1.82, 2.24) is 5.32 Å². The minimum absolute atomic E-state index is 0.313. The van der Waals surface area contributed by atoms with Gasteiger partial charge in [-0.25, -0.2) is 0 Å². The summed E-state index contributed by atoms with van der Waals surface area (Å²) in [6.45, 7) is 6.10. The monoisotopic (exact) mass is 313 g/mol. The van der Waals surface area contributed by atoms with E-state index in [-0.39, 0.29) is 0 Å². The highest BCUT2D eigenvalue weighted by molar-refractivity contribution is 5.33. The fourth-order valence-corrected chi connectivity index (χ4v) is 2.67. The first-order valence-electron chi connectivity index (χ1n) is 8.28. The first-order valence-corrected chi connectivity index (χ1v) is 8.28. The van der Waals surface area contributed by atoms with Crippen LogP contribution in [0.2, 0.25) is 0 Å². The lowest BCUT2D eigenvalue weighted by Crippen LogP contribution is -2.32. The molecule has 0 amide bonds. The van der Waals surface area contributed by atoms with Gasteiger partial charge in [0.15, 0.2) is 0 Å². The summed E-state index contributed by atoms with van der Waals surface area (Å²) < 4.78 is 5.54. The van der Waals surface area contributed by atoms with Gasteiger partial charge < -0.3 is 15.2 Å². The molecule has 0 heterocycles. The van der Waals surface area contributed by atoms with E-state index in [1.165, 1.54) is 16.7 Å². The van der Waals surface area contributed by atoms with E-state index in [4.69, 9.17) is 4.74 Å². The van der Waals surface area contributed by atoms with Gasteiger partial charge in [-0.3, -0.25) is 0 Å². The van der Waals surface area contributed by atoms with Crippen LogP contribution in [0.5, 0.6) is 5.75 Å². The third kappa shape index (κ3) is 6.05. The van der Waals surface area contributed by atoms with E-state index in [1.54, 1.807) is 0 Å². The minimum Gasteiger partial charge on any atom is -0.491 e. The molecule has 0 bridgehead atoms. The standard InChI is InChI=1S/C20H27NO2/c1-16-8-6-9-17(2)20(16)12-7-13-21-14-18(22)15-23-19-10-4-3-5-11-19/h3-6,8-11,18,21-22H,7,12-15H2,1-2H3. The molecule has 2 N–H and O–H groups in total. The van der Waals surface area contributed by atoms with E-state index in [1.807, 2.05) is 30.3 Å². The normalized spacial score (nSPS) is 12.1. The first kappa shape index (κ1) is 17.5. The van der Waals surface area contributed by atoms with Crippen LogP contribution in [-0.2, 0) is 6.42 Å². The second-order valence-corrected chi connectivity index (χ2v) is 5.96. The zero-order valence-corrected chi connectivity index (χ0v) is 14.1. The van der Waals surface area contributed by atoms with Crippen molar-refractivity contribution in [3.63, 3.8) is 0 Å². The quantitative estimate of drug-likeness (QED) is 0.698. The zero-order chi connectivity index (χ0) is 16.5. The fourth-order valence-electron chi connectivity index (χ4n) is 2.67.